The molecule has 0 aliphatic carbocycles. The average Bonchev–Trinajstić information content (AvgIpc) is 2.16. The second-order valence-corrected chi connectivity index (χ2v) is 5.43. The molecule has 0 saturated heterocycles. The Labute approximate surface area is 98.7 Å². The van der Waals surface area contributed by atoms with Gasteiger partial charge in [0, 0.05) is 4.91 Å². The molecule has 0 rings (SSSR count). The Hall–Kier alpha value is -0.730. The average molecular weight is 227 g/mol. The summed E-state index contributed by atoms with van der Waals surface area (Å²) < 4.78 is 0. The molecule has 0 fully saturated rings. The second kappa shape index (κ2) is 7.53. The van der Waals surface area contributed by atoms with Crippen LogP contribution in [0.1, 0.15) is 47.5 Å². The summed E-state index contributed by atoms with van der Waals surface area (Å²) in [6.45, 7) is 10.5. The van der Waals surface area contributed by atoms with Gasteiger partial charge in [0.15, 0.2) is 0 Å². The highest BCUT2D eigenvalue weighted by Crippen LogP contribution is 2.21. The number of rotatable bonds is 7. The van der Waals surface area contributed by atoms with Crippen LogP contribution >= 0.6 is 0 Å². The lowest BCUT2D eigenvalue weighted by Crippen LogP contribution is -2.28. The van der Waals surface area contributed by atoms with Crippen molar-refractivity contribution in [1.29, 1.82) is 0 Å². The van der Waals surface area contributed by atoms with E-state index in [1.807, 2.05) is 0 Å². The zero-order chi connectivity index (χ0) is 12.7. The van der Waals surface area contributed by atoms with Crippen molar-refractivity contribution in [1.82, 2.24) is 0 Å². The maximum atomic E-state index is 10.0. The van der Waals surface area contributed by atoms with Gasteiger partial charge in [0.2, 0.25) is 0 Å². The van der Waals surface area contributed by atoms with Crippen LogP contribution in [0.2, 0.25) is 0 Å². The van der Waals surface area contributed by atoms with Crippen LogP contribution in [0.5, 0.6) is 0 Å². The summed E-state index contributed by atoms with van der Waals surface area (Å²) in [7, 11) is 0. The van der Waals surface area contributed by atoms with Crippen molar-refractivity contribution in [2.24, 2.45) is 22.9 Å². The first-order valence-corrected chi connectivity index (χ1v) is 6.10. The highest BCUT2D eigenvalue weighted by Gasteiger charge is 2.22. The summed E-state index contributed by atoms with van der Waals surface area (Å²) in [6, 6.07) is -0.286. The van der Waals surface area contributed by atoms with E-state index >= 15 is 0 Å². The molecule has 0 spiro atoms. The van der Waals surface area contributed by atoms with Crippen LogP contribution in [-0.2, 0) is 0 Å². The fraction of sp³-hybridized carbons (Fsp3) is 1.00. The van der Waals surface area contributed by atoms with Crippen molar-refractivity contribution < 1.29 is 5.11 Å². The molecule has 0 heterocycles. The monoisotopic (exact) mass is 227 g/mol. The minimum Gasteiger partial charge on any atom is -0.393 e. The molecule has 1 N–H and O–H groups in total. The Morgan fingerprint density at radius 2 is 1.69 bits per heavy atom. The molecule has 0 unspecified atom stereocenters. The summed E-state index contributed by atoms with van der Waals surface area (Å²) >= 11 is 0. The molecule has 0 aliphatic rings. The molecule has 0 bridgehead atoms. The van der Waals surface area contributed by atoms with E-state index < -0.39 is 6.10 Å². The molecule has 0 saturated carbocycles. The molecule has 16 heavy (non-hydrogen) atoms. The summed E-state index contributed by atoms with van der Waals surface area (Å²) in [6.07, 6.45) is 0.931. The Balaban J connectivity index is 4.37. The number of hydrogen-bond acceptors (Lipinski definition) is 2. The van der Waals surface area contributed by atoms with Gasteiger partial charge in [0.1, 0.15) is 0 Å². The Morgan fingerprint density at radius 1 is 1.12 bits per heavy atom. The van der Waals surface area contributed by atoms with Gasteiger partial charge in [-0.15, -0.1) is 0 Å². The predicted molar refractivity (Wildman–Crippen MR) is 67.0 cm³/mol. The molecular formula is C12H25N3O. The van der Waals surface area contributed by atoms with Crippen molar-refractivity contribution in [3.8, 4) is 0 Å². The number of aliphatic hydroxyl groups excluding tert-OH is 1. The van der Waals surface area contributed by atoms with Crippen LogP contribution < -0.4 is 0 Å². The maximum Gasteiger partial charge on any atom is 0.0636 e. The first-order chi connectivity index (χ1) is 7.38. The van der Waals surface area contributed by atoms with Crippen LogP contribution in [-0.4, -0.2) is 17.3 Å². The fourth-order valence-electron chi connectivity index (χ4n) is 1.64. The Kier molecular flexibility index (Phi) is 7.18. The van der Waals surface area contributed by atoms with E-state index in [-0.39, 0.29) is 6.04 Å². The van der Waals surface area contributed by atoms with Gasteiger partial charge in [-0.05, 0) is 36.1 Å². The third-order valence-electron chi connectivity index (χ3n) is 3.11. The van der Waals surface area contributed by atoms with Gasteiger partial charge in [-0.3, -0.25) is 0 Å². The third-order valence-corrected chi connectivity index (χ3v) is 3.11. The van der Waals surface area contributed by atoms with Crippen LogP contribution in [0.25, 0.3) is 10.4 Å². The molecule has 0 aliphatic heterocycles. The minimum atomic E-state index is -0.518. The van der Waals surface area contributed by atoms with Crippen LogP contribution in [0.15, 0.2) is 5.11 Å². The van der Waals surface area contributed by atoms with Crippen molar-refractivity contribution in [2.45, 2.75) is 59.6 Å². The van der Waals surface area contributed by atoms with E-state index in [2.05, 4.69) is 44.6 Å². The SMILES string of the molecule is CC(C)C[C@H](N=[N+]=[N-])[C@H](O)C[C@H](C)C(C)C. The molecule has 0 aromatic heterocycles. The number of hydrogen-bond donors (Lipinski definition) is 1. The molecular weight excluding hydrogens is 202 g/mol. The molecule has 3 atom stereocenters. The van der Waals surface area contributed by atoms with E-state index in [0.717, 1.165) is 6.42 Å². The highest BCUT2D eigenvalue weighted by molar-refractivity contribution is 4.79. The van der Waals surface area contributed by atoms with Crippen molar-refractivity contribution in [3.63, 3.8) is 0 Å². The van der Waals surface area contributed by atoms with Gasteiger partial charge < -0.3 is 5.11 Å². The van der Waals surface area contributed by atoms with Gasteiger partial charge >= 0.3 is 0 Å². The normalized spacial score (nSPS) is 17.0. The summed E-state index contributed by atoms with van der Waals surface area (Å²) in [4.78, 5) is 2.83. The molecule has 94 valence electrons. The maximum absolute atomic E-state index is 10.0. The molecule has 0 aromatic carbocycles. The summed E-state index contributed by atoms with van der Waals surface area (Å²) in [5.41, 5.74) is 8.49. The zero-order valence-electron chi connectivity index (χ0n) is 11.1. The number of nitrogens with zero attached hydrogens (tertiary/aromatic N) is 3. The fourth-order valence-corrected chi connectivity index (χ4v) is 1.64. The van der Waals surface area contributed by atoms with Crippen LogP contribution in [0.4, 0.5) is 0 Å². The van der Waals surface area contributed by atoms with E-state index in [1.165, 1.54) is 0 Å². The van der Waals surface area contributed by atoms with E-state index in [1.54, 1.807) is 0 Å². The van der Waals surface area contributed by atoms with E-state index in [0.29, 0.717) is 24.2 Å². The van der Waals surface area contributed by atoms with Gasteiger partial charge in [-0.1, -0.05) is 39.7 Å². The highest BCUT2D eigenvalue weighted by atomic mass is 16.3. The molecule has 0 radical (unpaired) electrons. The standard InChI is InChI=1S/C12H25N3O/c1-8(2)6-11(14-15-13)12(16)7-10(5)9(3)4/h8-12,16H,6-7H2,1-5H3/t10-,11-,12+/m0/s1. The van der Waals surface area contributed by atoms with E-state index in [4.69, 9.17) is 5.53 Å². The largest absolute Gasteiger partial charge is 0.393 e. The predicted octanol–water partition coefficient (Wildman–Crippen LogP) is 3.75. The molecule has 4 nitrogen and oxygen atoms in total. The Morgan fingerprint density at radius 3 is 2.06 bits per heavy atom. The van der Waals surface area contributed by atoms with Crippen molar-refractivity contribution in [3.05, 3.63) is 10.4 Å². The van der Waals surface area contributed by atoms with Gasteiger partial charge in [-0.25, -0.2) is 0 Å². The smallest absolute Gasteiger partial charge is 0.0636 e. The van der Waals surface area contributed by atoms with E-state index in [9.17, 15) is 5.11 Å². The lowest BCUT2D eigenvalue weighted by atomic mass is 9.88. The topological polar surface area (TPSA) is 69.0 Å². The molecule has 0 amide bonds. The van der Waals surface area contributed by atoms with Crippen LogP contribution in [0, 0.1) is 17.8 Å². The van der Waals surface area contributed by atoms with Gasteiger partial charge in [0.25, 0.3) is 0 Å². The van der Waals surface area contributed by atoms with Crippen molar-refractivity contribution >= 4 is 0 Å². The number of aliphatic hydroxyl groups is 1. The van der Waals surface area contributed by atoms with Gasteiger partial charge in [-0.2, -0.15) is 0 Å². The van der Waals surface area contributed by atoms with Crippen molar-refractivity contribution in [2.75, 3.05) is 0 Å². The van der Waals surface area contributed by atoms with Crippen LogP contribution in [0.3, 0.4) is 0 Å². The minimum absolute atomic E-state index is 0.286. The summed E-state index contributed by atoms with van der Waals surface area (Å²) in [5, 5.41) is 13.8. The van der Waals surface area contributed by atoms with Gasteiger partial charge in [0.05, 0.1) is 12.1 Å². The lowest BCUT2D eigenvalue weighted by molar-refractivity contribution is 0.101. The lowest BCUT2D eigenvalue weighted by Gasteiger charge is -2.24. The summed E-state index contributed by atoms with van der Waals surface area (Å²) in [5.74, 6) is 1.42. The molecule has 0 aromatic rings. The third kappa shape index (κ3) is 5.99. The molecule has 4 heteroatoms. The Bertz CT molecular complexity index is 234. The zero-order valence-corrected chi connectivity index (χ0v) is 11.1. The number of azide groups is 1. The quantitative estimate of drug-likeness (QED) is 0.401. The second-order valence-electron chi connectivity index (χ2n) is 5.43. The first-order valence-electron chi connectivity index (χ1n) is 6.10. The first kappa shape index (κ1) is 15.3.